The predicted molar refractivity (Wildman–Crippen MR) is 117 cm³/mol. The molecule has 0 atom stereocenters. The van der Waals surface area contributed by atoms with Crippen LogP contribution < -0.4 is 4.74 Å². The van der Waals surface area contributed by atoms with Crippen LogP contribution in [-0.4, -0.2) is 35.1 Å². The van der Waals surface area contributed by atoms with Crippen molar-refractivity contribution in [2.75, 3.05) is 19.7 Å². The zero-order valence-electron chi connectivity index (χ0n) is 17.4. The molecule has 1 saturated heterocycles. The van der Waals surface area contributed by atoms with Crippen molar-refractivity contribution in [1.82, 2.24) is 9.47 Å². The minimum absolute atomic E-state index is 0.137. The molecule has 2 aromatic carbocycles. The van der Waals surface area contributed by atoms with Gasteiger partial charge < -0.3 is 14.2 Å². The number of carbonyl (C=O) groups excluding carboxylic acids is 1. The number of ether oxygens (including phenoxy) is 1. The van der Waals surface area contributed by atoms with Gasteiger partial charge in [0.1, 0.15) is 12.3 Å². The van der Waals surface area contributed by atoms with Gasteiger partial charge in [0.05, 0.1) is 23.8 Å². The highest BCUT2D eigenvalue weighted by Gasteiger charge is 2.24. The van der Waals surface area contributed by atoms with Crippen molar-refractivity contribution in [2.24, 2.45) is 5.92 Å². The van der Waals surface area contributed by atoms with Crippen molar-refractivity contribution in [1.29, 1.82) is 5.26 Å². The average molecular weight is 402 g/mol. The molecule has 0 aliphatic carbocycles. The molecule has 1 aliphatic heterocycles. The van der Waals surface area contributed by atoms with Crippen LogP contribution in [0.3, 0.4) is 0 Å². The first-order valence-corrected chi connectivity index (χ1v) is 10.7. The van der Waals surface area contributed by atoms with Crippen molar-refractivity contribution < 1.29 is 9.53 Å². The first kappa shape index (κ1) is 20.0. The van der Waals surface area contributed by atoms with Gasteiger partial charge in [-0.15, -0.1) is 0 Å². The summed E-state index contributed by atoms with van der Waals surface area (Å²) in [6.45, 7) is 4.39. The van der Waals surface area contributed by atoms with Crippen molar-refractivity contribution in [3.05, 3.63) is 65.9 Å². The predicted octanol–water partition coefficient (Wildman–Crippen LogP) is 4.39. The molecule has 1 aliphatic rings. The number of amides is 1. The van der Waals surface area contributed by atoms with E-state index in [1.54, 1.807) is 6.07 Å². The van der Waals surface area contributed by atoms with E-state index in [1.165, 1.54) is 5.56 Å². The van der Waals surface area contributed by atoms with Crippen molar-refractivity contribution >= 4 is 16.8 Å². The maximum atomic E-state index is 13.0. The van der Waals surface area contributed by atoms with Crippen LogP contribution in [-0.2, 0) is 17.8 Å². The molecule has 3 aromatic rings. The van der Waals surface area contributed by atoms with Crippen LogP contribution in [0, 0.1) is 17.2 Å². The van der Waals surface area contributed by atoms with Crippen LogP contribution in [0.15, 0.2) is 54.7 Å². The third-order valence-corrected chi connectivity index (χ3v) is 5.91. The summed E-state index contributed by atoms with van der Waals surface area (Å²) in [5.41, 5.74) is 2.89. The van der Waals surface area contributed by atoms with E-state index in [1.807, 2.05) is 40.8 Å². The number of rotatable bonds is 6. The van der Waals surface area contributed by atoms with E-state index in [-0.39, 0.29) is 5.91 Å². The van der Waals surface area contributed by atoms with Crippen molar-refractivity contribution in [2.45, 2.75) is 32.7 Å². The van der Waals surface area contributed by atoms with E-state index in [0.29, 0.717) is 24.6 Å². The van der Waals surface area contributed by atoms with Gasteiger partial charge in [-0.3, -0.25) is 4.79 Å². The number of likely N-dealkylation sites (tertiary alicyclic amines) is 1. The van der Waals surface area contributed by atoms with E-state index in [4.69, 9.17) is 4.74 Å². The van der Waals surface area contributed by atoms with Crippen molar-refractivity contribution in [3.8, 4) is 11.8 Å². The van der Waals surface area contributed by atoms with Gasteiger partial charge in [0, 0.05) is 24.7 Å². The number of nitriles is 1. The summed E-state index contributed by atoms with van der Waals surface area (Å²) in [5.74, 6) is 1.49. The molecule has 1 amide bonds. The Bertz CT molecular complexity index is 1060. The Balaban J connectivity index is 1.42. The van der Waals surface area contributed by atoms with Crippen LogP contribution in [0.5, 0.6) is 5.75 Å². The normalized spacial score (nSPS) is 14.6. The third-order valence-electron chi connectivity index (χ3n) is 5.91. The topological polar surface area (TPSA) is 58.3 Å². The average Bonchev–Trinajstić information content (AvgIpc) is 3.11. The van der Waals surface area contributed by atoms with Gasteiger partial charge in [-0.1, -0.05) is 30.3 Å². The molecule has 0 spiro atoms. The van der Waals surface area contributed by atoms with E-state index in [0.717, 1.165) is 49.0 Å². The Labute approximate surface area is 177 Å². The number of piperidine rings is 1. The van der Waals surface area contributed by atoms with Gasteiger partial charge in [-0.05, 0) is 55.9 Å². The zero-order valence-corrected chi connectivity index (χ0v) is 17.4. The first-order valence-electron chi connectivity index (χ1n) is 10.7. The number of hydrogen-bond donors (Lipinski definition) is 0. The molecule has 0 N–H and O–H groups in total. The summed E-state index contributed by atoms with van der Waals surface area (Å²) in [5, 5.41) is 10.1. The lowest BCUT2D eigenvalue weighted by atomic mass is 9.90. The Hall–Kier alpha value is -3.26. The van der Waals surface area contributed by atoms with Gasteiger partial charge in [0.15, 0.2) is 0 Å². The van der Waals surface area contributed by atoms with Gasteiger partial charge in [0.25, 0.3) is 0 Å². The molecule has 4 rings (SSSR count). The first-order chi connectivity index (χ1) is 14.7. The molecule has 30 heavy (non-hydrogen) atoms. The van der Waals surface area contributed by atoms with Crippen LogP contribution in [0.25, 0.3) is 10.9 Å². The van der Waals surface area contributed by atoms with Crippen LogP contribution in [0.1, 0.15) is 30.9 Å². The highest BCUT2D eigenvalue weighted by molar-refractivity contribution is 5.89. The second-order valence-corrected chi connectivity index (χ2v) is 7.91. The number of nitrogens with zero attached hydrogens (tertiary/aromatic N) is 3. The standard InChI is InChI=1S/C25H27N3O2/c1-2-30-24-17-28(23-9-8-21(16-26)15-22(23)24)18-25(29)27-12-10-20(11-13-27)14-19-6-4-3-5-7-19/h3-9,15,17,20H,2,10-14,18H2,1H3. The Morgan fingerprint density at radius 2 is 1.93 bits per heavy atom. The minimum atomic E-state index is 0.137. The summed E-state index contributed by atoms with van der Waals surface area (Å²) in [4.78, 5) is 15.0. The fraction of sp³-hybridized carbons (Fsp3) is 0.360. The lowest BCUT2D eigenvalue weighted by Crippen LogP contribution is -2.40. The molecule has 0 radical (unpaired) electrons. The molecule has 1 aromatic heterocycles. The quantitative estimate of drug-likeness (QED) is 0.615. The summed E-state index contributed by atoms with van der Waals surface area (Å²) < 4.78 is 7.69. The Morgan fingerprint density at radius 3 is 2.63 bits per heavy atom. The van der Waals surface area contributed by atoms with E-state index >= 15 is 0 Å². The molecule has 0 bridgehead atoms. The largest absolute Gasteiger partial charge is 0.492 e. The number of carbonyl (C=O) groups is 1. The van der Waals surface area contributed by atoms with E-state index in [9.17, 15) is 10.1 Å². The van der Waals surface area contributed by atoms with Gasteiger partial charge in [-0.2, -0.15) is 5.26 Å². The van der Waals surface area contributed by atoms with Crippen molar-refractivity contribution in [3.63, 3.8) is 0 Å². The monoisotopic (exact) mass is 401 g/mol. The highest BCUT2D eigenvalue weighted by atomic mass is 16.5. The van der Waals surface area contributed by atoms with Crippen LogP contribution in [0.2, 0.25) is 0 Å². The molecular weight excluding hydrogens is 374 g/mol. The lowest BCUT2D eigenvalue weighted by Gasteiger charge is -2.32. The molecule has 0 unspecified atom stereocenters. The second-order valence-electron chi connectivity index (χ2n) is 7.91. The number of fused-ring (bicyclic) bond motifs is 1. The number of benzene rings is 2. The lowest BCUT2D eigenvalue weighted by molar-refractivity contribution is -0.133. The molecule has 0 saturated carbocycles. The second kappa shape index (κ2) is 9.04. The Kier molecular flexibility index (Phi) is 6.04. The maximum Gasteiger partial charge on any atom is 0.242 e. The summed E-state index contributed by atoms with van der Waals surface area (Å²) in [7, 11) is 0. The Morgan fingerprint density at radius 1 is 1.17 bits per heavy atom. The molecule has 1 fully saturated rings. The molecule has 5 heteroatoms. The summed E-state index contributed by atoms with van der Waals surface area (Å²) in [6, 6.07) is 18.3. The molecular formula is C25H27N3O2. The number of aromatic nitrogens is 1. The SMILES string of the molecule is CCOc1cn(CC(=O)N2CCC(Cc3ccccc3)CC2)c2ccc(C#N)cc12. The smallest absolute Gasteiger partial charge is 0.242 e. The third kappa shape index (κ3) is 4.33. The zero-order chi connectivity index (χ0) is 20.9. The highest BCUT2D eigenvalue weighted by Crippen LogP contribution is 2.30. The summed E-state index contributed by atoms with van der Waals surface area (Å²) >= 11 is 0. The van der Waals surface area contributed by atoms with Gasteiger partial charge >= 0.3 is 0 Å². The minimum Gasteiger partial charge on any atom is -0.492 e. The maximum absolute atomic E-state index is 13.0. The summed E-state index contributed by atoms with van der Waals surface area (Å²) in [6.07, 6.45) is 5.06. The van der Waals surface area contributed by atoms with E-state index < -0.39 is 0 Å². The number of hydrogen-bond acceptors (Lipinski definition) is 3. The molecule has 5 nitrogen and oxygen atoms in total. The fourth-order valence-electron chi connectivity index (χ4n) is 4.31. The van der Waals surface area contributed by atoms with Crippen LogP contribution in [0.4, 0.5) is 0 Å². The van der Waals surface area contributed by atoms with Gasteiger partial charge in [0.2, 0.25) is 5.91 Å². The van der Waals surface area contributed by atoms with Crippen LogP contribution >= 0.6 is 0 Å². The van der Waals surface area contributed by atoms with Gasteiger partial charge in [-0.25, -0.2) is 0 Å². The fourth-order valence-corrected chi connectivity index (χ4v) is 4.31. The molecule has 2 heterocycles. The molecule has 154 valence electrons. The van der Waals surface area contributed by atoms with E-state index in [2.05, 4.69) is 30.3 Å².